The van der Waals surface area contributed by atoms with Crippen LogP contribution in [0.3, 0.4) is 0 Å². The first-order valence-electron chi connectivity index (χ1n) is 7.09. The molecule has 0 spiro atoms. The molecule has 0 N–H and O–H groups in total. The van der Waals surface area contributed by atoms with E-state index in [2.05, 4.69) is 25.7 Å². The molecule has 1 rings (SSSR count). The van der Waals surface area contributed by atoms with Crippen LogP contribution in [0.5, 0.6) is 0 Å². The van der Waals surface area contributed by atoms with E-state index >= 15 is 0 Å². The van der Waals surface area contributed by atoms with Gasteiger partial charge in [-0.2, -0.15) is 0 Å². The Morgan fingerprint density at radius 2 is 1.83 bits per heavy atom. The van der Waals surface area contributed by atoms with Crippen LogP contribution in [0.15, 0.2) is 0 Å². The molecule has 2 atom stereocenters. The Morgan fingerprint density at radius 1 is 1.22 bits per heavy atom. The molecule has 1 aliphatic rings. The lowest BCUT2D eigenvalue weighted by atomic mass is 10.0. The molecule has 1 heterocycles. The van der Waals surface area contributed by atoms with Gasteiger partial charge in [0.25, 0.3) is 0 Å². The number of methoxy groups -OCH3 is 1. The predicted octanol–water partition coefficient (Wildman–Crippen LogP) is 1.60. The summed E-state index contributed by atoms with van der Waals surface area (Å²) in [6, 6.07) is 0.446. The monoisotopic (exact) mass is 256 g/mol. The van der Waals surface area contributed by atoms with Gasteiger partial charge in [-0.15, -0.1) is 0 Å². The maximum Gasteiger partial charge on any atom is 0.222 e. The minimum Gasteiger partial charge on any atom is -0.383 e. The van der Waals surface area contributed by atoms with Crippen molar-refractivity contribution < 1.29 is 9.53 Å². The van der Waals surface area contributed by atoms with Crippen LogP contribution >= 0.6 is 0 Å². The summed E-state index contributed by atoms with van der Waals surface area (Å²) in [5.74, 6) is 0.825. The number of amides is 1. The van der Waals surface area contributed by atoms with Gasteiger partial charge >= 0.3 is 0 Å². The molecule has 0 radical (unpaired) electrons. The van der Waals surface area contributed by atoms with Crippen molar-refractivity contribution in [1.29, 1.82) is 0 Å². The minimum atomic E-state index is 0.323. The van der Waals surface area contributed by atoms with Gasteiger partial charge in [-0.05, 0) is 12.8 Å². The zero-order chi connectivity index (χ0) is 13.5. The van der Waals surface area contributed by atoms with E-state index in [0.717, 1.165) is 39.2 Å². The van der Waals surface area contributed by atoms with Crippen LogP contribution in [-0.4, -0.2) is 61.6 Å². The third kappa shape index (κ3) is 4.58. The summed E-state index contributed by atoms with van der Waals surface area (Å²) in [5, 5.41) is 0. The van der Waals surface area contributed by atoms with E-state index in [0.29, 0.717) is 24.3 Å². The fraction of sp³-hybridized carbons (Fsp3) is 0.929. The zero-order valence-electron chi connectivity index (χ0n) is 12.3. The van der Waals surface area contributed by atoms with Crippen LogP contribution in [-0.2, 0) is 9.53 Å². The van der Waals surface area contributed by atoms with Crippen molar-refractivity contribution in [3.05, 3.63) is 0 Å². The first-order chi connectivity index (χ1) is 8.58. The highest BCUT2D eigenvalue weighted by Gasteiger charge is 2.24. The molecule has 0 aromatic carbocycles. The molecule has 106 valence electrons. The number of nitrogens with zero attached hydrogens (tertiary/aromatic N) is 2. The summed E-state index contributed by atoms with van der Waals surface area (Å²) in [4.78, 5) is 16.5. The van der Waals surface area contributed by atoms with E-state index in [4.69, 9.17) is 4.74 Å². The molecule has 18 heavy (non-hydrogen) atoms. The highest BCUT2D eigenvalue weighted by atomic mass is 16.5. The molecular formula is C14H28N2O2. The summed E-state index contributed by atoms with van der Waals surface area (Å²) in [6.45, 7) is 10.9. The lowest BCUT2D eigenvalue weighted by Gasteiger charge is -2.38. The molecule has 1 aliphatic heterocycles. The number of carbonyl (C=O) groups excluding carboxylic acids is 1. The van der Waals surface area contributed by atoms with Crippen molar-refractivity contribution in [2.24, 2.45) is 5.92 Å². The maximum atomic E-state index is 12.1. The quantitative estimate of drug-likeness (QED) is 0.723. The van der Waals surface area contributed by atoms with Crippen molar-refractivity contribution >= 4 is 5.91 Å². The topological polar surface area (TPSA) is 32.8 Å². The third-order valence-corrected chi connectivity index (χ3v) is 3.92. The van der Waals surface area contributed by atoms with Gasteiger partial charge in [0.2, 0.25) is 5.91 Å². The Labute approximate surface area is 111 Å². The fourth-order valence-corrected chi connectivity index (χ4v) is 2.33. The van der Waals surface area contributed by atoms with E-state index in [1.807, 2.05) is 4.90 Å². The normalized spacial score (nSPS) is 20.8. The number of piperazine rings is 1. The van der Waals surface area contributed by atoms with Gasteiger partial charge in [-0.25, -0.2) is 0 Å². The van der Waals surface area contributed by atoms with Crippen molar-refractivity contribution in [3.63, 3.8) is 0 Å². The number of hydrogen-bond acceptors (Lipinski definition) is 3. The van der Waals surface area contributed by atoms with Crippen LogP contribution in [0.2, 0.25) is 0 Å². The Hall–Kier alpha value is -0.610. The van der Waals surface area contributed by atoms with Crippen molar-refractivity contribution in [1.82, 2.24) is 9.80 Å². The first kappa shape index (κ1) is 15.4. The number of hydrogen-bond donors (Lipinski definition) is 0. The Morgan fingerprint density at radius 3 is 2.33 bits per heavy atom. The first-order valence-corrected chi connectivity index (χ1v) is 7.09. The molecule has 0 saturated carbocycles. The number of rotatable bonds is 6. The molecule has 0 aliphatic carbocycles. The SMILES string of the molecule is CC[C@H](C)CC(=O)N1CCN([C@@H](C)COC)CC1. The van der Waals surface area contributed by atoms with Gasteiger partial charge < -0.3 is 9.64 Å². The molecule has 4 heteroatoms. The second kappa shape index (κ2) is 7.74. The van der Waals surface area contributed by atoms with Gasteiger partial charge in [0.1, 0.15) is 0 Å². The van der Waals surface area contributed by atoms with Gasteiger partial charge in [0.15, 0.2) is 0 Å². The lowest BCUT2D eigenvalue weighted by molar-refractivity contribution is -0.134. The smallest absolute Gasteiger partial charge is 0.222 e. The second-order valence-electron chi connectivity index (χ2n) is 5.44. The predicted molar refractivity (Wildman–Crippen MR) is 73.6 cm³/mol. The Kier molecular flexibility index (Phi) is 6.65. The van der Waals surface area contributed by atoms with Gasteiger partial charge in [0.05, 0.1) is 6.61 Å². The van der Waals surface area contributed by atoms with Crippen molar-refractivity contribution in [2.45, 2.75) is 39.7 Å². The Bertz CT molecular complexity index is 250. The van der Waals surface area contributed by atoms with Crippen LogP contribution in [0.25, 0.3) is 0 Å². The number of carbonyl (C=O) groups is 1. The van der Waals surface area contributed by atoms with Crippen molar-refractivity contribution in [2.75, 3.05) is 39.9 Å². The van der Waals surface area contributed by atoms with Gasteiger partial charge in [-0.1, -0.05) is 20.3 Å². The summed E-state index contributed by atoms with van der Waals surface area (Å²) < 4.78 is 5.18. The van der Waals surface area contributed by atoms with Crippen molar-refractivity contribution in [3.8, 4) is 0 Å². The maximum absolute atomic E-state index is 12.1. The van der Waals surface area contributed by atoms with Crippen LogP contribution in [0, 0.1) is 5.92 Å². The Balaban J connectivity index is 2.32. The molecule has 1 amide bonds. The highest BCUT2D eigenvalue weighted by Crippen LogP contribution is 2.12. The molecule has 1 fully saturated rings. The zero-order valence-corrected chi connectivity index (χ0v) is 12.3. The summed E-state index contributed by atoms with van der Waals surface area (Å²) in [6.07, 6.45) is 1.78. The summed E-state index contributed by atoms with van der Waals surface area (Å²) in [7, 11) is 1.74. The average Bonchev–Trinajstić information content (AvgIpc) is 2.39. The number of ether oxygens (including phenoxy) is 1. The van der Waals surface area contributed by atoms with Crippen LogP contribution < -0.4 is 0 Å². The highest BCUT2D eigenvalue weighted by molar-refractivity contribution is 5.76. The fourth-order valence-electron chi connectivity index (χ4n) is 2.33. The van der Waals surface area contributed by atoms with E-state index in [9.17, 15) is 4.79 Å². The second-order valence-corrected chi connectivity index (χ2v) is 5.44. The minimum absolute atomic E-state index is 0.323. The molecule has 0 bridgehead atoms. The van der Waals surface area contributed by atoms with E-state index in [1.54, 1.807) is 7.11 Å². The standard InChI is InChI=1S/C14H28N2O2/c1-5-12(2)10-14(17)16-8-6-15(7-9-16)13(3)11-18-4/h12-13H,5-11H2,1-4H3/t12-,13-/m0/s1. The van der Waals surface area contributed by atoms with E-state index in [1.165, 1.54) is 0 Å². The average molecular weight is 256 g/mol. The van der Waals surface area contributed by atoms with E-state index < -0.39 is 0 Å². The van der Waals surface area contributed by atoms with Gasteiger partial charge in [0, 0.05) is 45.8 Å². The van der Waals surface area contributed by atoms with Gasteiger partial charge in [-0.3, -0.25) is 9.69 Å². The molecular weight excluding hydrogens is 228 g/mol. The molecule has 0 unspecified atom stereocenters. The molecule has 0 aromatic rings. The largest absolute Gasteiger partial charge is 0.383 e. The molecule has 4 nitrogen and oxygen atoms in total. The summed E-state index contributed by atoms with van der Waals surface area (Å²) in [5.41, 5.74) is 0. The lowest BCUT2D eigenvalue weighted by Crippen LogP contribution is -2.52. The van der Waals surface area contributed by atoms with E-state index in [-0.39, 0.29) is 0 Å². The molecule has 0 aromatic heterocycles. The molecule has 1 saturated heterocycles. The van der Waals surface area contributed by atoms with Crippen LogP contribution in [0.1, 0.15) is 33.6 Å². The van der Waals surface area contributed by atoms with Crippen LogP contribution in [0.4, 0.5) is 0 Å². The third-order valence-electron chi connectivity index (χ3n) is 3.92. The summed E-state index contributed by atoms with van der Waals surface area (Å²) >= 11 is 0.